The number of nitrogens with one attached hydrogen (secondary N) is 2. The van der Waals surface area contributed by atoms with E-state index in [1.807, 2.05) is 0 Å². The molecule has 0 saturated carbocycles. The summed E-state index contributed by atoms with van der Waals surface area (Å²) in [4.78, 5) is 4.36. The van der Waals surface area contributed by atoms with Gasteiger partial charge in [-0.15, -0.1) is 24.0 Å². The quantitative estimate of drug-likeness (QED) is 0.174. The molecule has 0 atom stereocenters. The first-order chi connectivity index (χ1) is 12.5. The molecule has 4 N–H and O–H groups in total. The first-order valence-electron chi connectivity index (χ1n) is 9.53. The van der Waals surface area contributed by atoms with Crippen molar-refractivity contribution in [1.29, 1.82) is 0 Å². The largest absolute Gasteiger partial charge is 0.356 e. The Balaban J connectivity index is 0.00000676. The van der Waals surface area contributed by atoms with Crippen molar-refractivity contribution in [3.05, 3.63) is 29.8 Å². The topological polar surface area (TPSA) is 96.6 Å². The summed E-state index contributed by atoms with van der Waals surface area (Å²) in [7, 11) is -1.86. The van der Waals surface area contributed by atoms with E-state index in [1.54, 1.807) is 19.2 Å². The molecule has 0 aliphatic rings. The van der Waals surface area contributed by atoms with E-state index < -0.39 is 10.0 Å². The number of nitrogens with zero attached hydrogens (tertiary/aromatic N) is 1. The Kier molecular flexibility index (Phi) is 14.6. The number of sulfonamides is 1. The molecule has 0 heterocycles. The van der Waals surface area contributed by atoms with E-state index in [2.05, 4.69) is 22.5 Å². The van der Waals surface area contributed by atoms with E-state index in [0.29, 0.717) is 0 Å². The maximum absolute atomic E-state index is 11.2. The van der Waals surface area contributed by atoms with Crippen LogP contribution in [-0.4, -0.2) is 34.5 Å². The molecule has 8 heteroatoms. The minimum Gasteiger partial charge on any atom is -0.356 e. The first-order valence-corrected chi connectivity index (χ1v) is 11.1. The molecule has 0 aliphatic carbocycles. The van der Waals surface area contributed by atoms with Crippen molar-refractivity contribution < 1.29 is 8.42 Å². The van der Waals surface area contributed by atoms with Gasteiger partial charge in [0.25, 0.3) is 0 Å². The van der Waals surface area contributed by atoms with E-state index in [9.17, 15) is 8.42 Å². The molecule has 0 aliphatic heterocycles. The van der Waals surface area contributed by atoms with Gasteiger partial charge in [-0.1, -0.05) is 57.6 Å². The van der Waals surface area contributed by atoms with Crippen LogP contribution in [0.1, 0.15) is 57.4 Å². The van der Waals surface area contributed by atoms with Crippen molar-refractivity contribution in [2.75, 3.05) is 20.1 Å². The smallest absolute Gasteiger partial charge is 0.238 e. The normalized spacial score (nSPS) is 11.7. The van der Waals surface area contributed by atoms with Crippen LogP contribution in [0.15, 0.2) is 34.2 Å². The molecule has 0 fully saturated rings. The maximum Gasteiger partial charge on any atom is 0.238 e. The number of hydrogen-bond donors (Lipinski definition) is 3. The van der Waals surface area contributed by atoms with Gasteiger partial charge in [-0.25, -0.2) is 13.6 Å². The zero-order chi connectivity index (χ0) is 19.3. The highest BCUT2D eigenvalue weighted by atomic mass is 127. The molecule has 0 aromatic heterocycles. The highest BCUT2D eigenvalue weighted by Crippen LogP contribution is 2.09. The fourth-order valence-electron chi connectivity index (χ4n) is 2.68. The molecule has 156 valence electrons. The number of guanidine groups is 1. The number of hydrogen-bond acceptors (Lipinski definition) is 3. The second-order valence-electron chi connectivity index (χ2n) is 6.49. The van der Waals surface area contributed by atoms with Crippen LogP contribution in [0.2, 0.25) is 0 Å². The van der Waals surface area contributed by atoms with E-state index in [0.717, 1.165) is 37.5 Å². The van der Waals surface area contributed by atoms with Gasteiger partial charge in [0.1, 0.15) is 0 Å². The van der Waals surface area contributed by atoms with Gasteiger partial charge in [0.15, 0.2) is 5.96 Å². The molecule has 0 bridgehead atoms. The molecular weight excluding hydrogens is 475 g/mol. The molecule has 0 unspecified atom stereocenters. The molecule has 1 rings (SSSR count). The van der Waals surface area contributed by atoms with Gasteiger partial charge in [-0.3, -0.25) is 4.99 Å². The average molecular weight is 510 g/mol. The molecule has 27 heavy (non-hydrogen) atoms. The highest BCUT2D eigenvalue weighted by molar-refractivity contribution is 14.0. The van der Waals surface area contributed by atoms with Crippen molar-refractivity contribution in [2.24, 2.45) is 10.1 Å². The Morgan fingerprint density at radius 2 is 1.52 bits per heavy atom. The minimum absolute atomic E-state index is 0. The van der Waals surface area contributed by atoms with Gasteiger partial charge < -0.3 is 10.6 Å². The summed E-state index contributed by atoms with van der Waals surface area (Å²) in [6.45, 7) is 3.89. The van der Waals surface area contributed by atoms with Crippen molar-refractivity contribution in [1.82, 2.24) is 10.6 Å². The number of nitrogens with two attached hydrogens (primary N) is 1. The van der Waals surface area contributed by atoms with Crippen LogP contribution in [0.4, 0.5) is 0 Å². The second-order valence-corrected chi connectivity index (χ2v) is 8.05. The Hall–Kier alpha value is -0.870. The third-order valence-corrected chi connectivity index (χ3v) is 5.18. The van der Waals surface area contributed by atoms with Gasteiger partial charge in [0, 0.05) is 20.1 Å². The standard InChI is InChI=1S/C19H34N4O2S.HI/c1-3-4-5-6-7-8-9-15-22-19(21-2)23-16-14-17-10-12-18(13-11-17)26(20,24)25;/h10-13H,3-9,14-16H2,1-2H3,(H2,20,24,25)(H2,21,22,23);1H. The van der Waals surface area contributed by atoms with Crippen molar-refractivity contribution in [3.63, 3.8) is 0 Å². The van der Waals surface area contributed by atoms with Crippen molar-refractivity contribution in [2.45, 2.75) is 63.2 Å². The summed E-state index contributed by atoms with van der Waals surface area (Å²) in [5, 5.41) is 11.7. The third kappa shape index (κ3) is 12.2. The summed E-state index contributed by atoms with van der Waals surface area (Å²) in [6, 6.07) is 6.66. The fraction of sp³-hybridized carbons (Fsp3) is 0.632. The maximum atomic E-state index is 11.2. The lowest BCUT2D eigenvalue weighted by Crippen LogP contribution is -2.38. The molecule has 0 saturated heterocycles. The van der Waals surface area contributed by atoms with E-state index >= 15 is 0 Å². The minimum atomic E-state index is -3.62. The third-order valence-electron chi connectivity index (χ3n) is 4.25. The molecule has 0 spiro atoms. The summed E-state index contributed by atoms with van der Waals surface area (Å²) in [6.07, 6.45) is 9.83. The summed E-state index contributed by atoms with van der Waals surface area (Å²) >= 11 is 0. The van der Waals surface area contributed by atoms with Crippen LogP contribution < -0.4 is 15.8 Å². The molecule has 0 radical (unpaired) electrons. The molecule has 6 nitrogen and oxygen atoms in total. The van der Waals surface area contributed by atoms with Gasteiger partial charge in [-0.2, -0.15) is 0 Å². The lowest BCUT2D eigenvalue weighted by molar-refractivity contribution is 0.584. The van der Waals surface area contributed by atoms with Crippen LogP contribution in [0.5, 0.6) is 0 Å². The number of aliphatic imine (C=N–C) groups is 1. The number of halogens is 1. The Bertz CT molecular complexity index is 634. The van der Waals surface area contributed by atoms with Crippen LogP contribution in [-0.2, 0) is 16.4 Å². The SMILES string of the molecule is CCCCCCCCCNC(=NC)NCCc1ccc(S(N)(=O)=O)cc1.I. The number of unbranched alkanes of at least 4 members (excludes halogenated alkanes) is 6. The van der Waals surface area contributed by atoms with Crippen molar-refractivity contribution in [3.8, 4) is 0 Å². The summed E-state index contributed by atoms with van der Waals surface area (Å²) in [5.74, 6) is 0.803. The van der Waals surface area contributed by atoms with E-state index in [-0.39, 0.29) is 28.9 Å². The molecular formula is C19H35IN4O2S. The summed E-state index contributed by atoms with van der Waals surface area (Å²) < 4.78 is 22.5. The van der Waals surface area contributed by atoms with Crippen LogP contribution >= 0.6 is 24.0 Å². The zero-order valence-electron chi connectivity index (χ0n) is 16.5. The van der Waals surface area contributed by atoms with Crippen LogP contribution in [0, 0.1) is 0 Å². The number of rotatable bonds is 12. The van der Waals surface area contributed by atoms with Gasteiger partial charge in [0.2, 0.25) is 10.0 Å². The van der Waals surface area contributed by atoms with Gasteiger partial charge >= 0.3 is 0 Å². The van der Waals surface area contributed by atoms with Gasteiger partial charge in [0.05, 0.1) is 4.90 Å². The van der Waals surface area contributed by atoms with Crippen molar-refractivity contribution >= 4 is 40.0 Å². The molecule has 0 amide bonds. The molecule has 1 aromatic carbocycles. The Morgan fingerprint density at radius 1 is 0.963 bits per heavy atom. The van der Waals surface area contributed by atoms with E-state index in [4.69, 9.17) is 5.14 Å². The monoisotopic (exact) mass is 510 g/mol. The Labute approximate surface area is 181 Å². The van der Waals surface area contributed by atoms with E-state index in [1.165, 1.54) is 50.7 Å². The summed E-state index contributed by atoms with van der Waals surface area (Å²) in [5.41, 5.74) is 1.05. The molecule has 1 aromatic rings. The predicted molar refractivity (Wildman–Crippen MR) is 124 cm³/mol. The highest BCUT2D eigenvalue weighted by Gasteiger charge is 2.06. The van der Waals surface area contributed by atoms with Crippen LogP contribution in [0.3, 0.4) is 0 Å². The lowest BCUT2D eigenvalue weighted by Gasteiger charge is -2.12. The van der Waals surface area contributed by atoms with Crippen LogP contribution in [0.25, 0.3) is 0 Å². The number of benzene rings is 1. The average Bonchev–Trinajstić information content (AvgIpc) is 2.62. The predicted octanol–water partition coefficient (Wildman–Crippen LogP) is 3.41. The fourth-order valence-corrected chi connectivity index (χ4v) is 3.20. The lowest BCUT2D eigenvalue weighted by atomic mass is 10.1. The number of primary sulfonamides is 1. The Morgan fingerprint density at radius 3 is 2.07 bits per heavy atom. The first kappa shape index (κ1) is 26.1. The zero-order valence-corrected chi connectivity index (χ0v) is 19.7. The second kappa shape index (κ2) is 15.1. The van der Waals surface area contributed by atoms with Gasteiger partial charge in [-0.05, 0) is 30.5 Å².